The Morgan fingerprint density at radius 2 is 1.03 bits per heavy atom. The van der Waals surface area contributed by atoms with Crippen molar-refractivity contribution in [3.05, 3.63) is 258 Å². The molecule has 14 rings (SSSR count). The number of aromatic nitrogens is 6. The third-order valence-corrected chi connectivity index (χ3v) is 14.1. The van der Waals surface area contributed by atoms with Crippen molar-refractivity contribution in [3.63, 3.8) is 0 Å². The lowest BCUT2D eigenvalue weighted by atomic mass is 9.70. The van der Waals surface area contributed by atoms with Crippen molar-refractivity contribution in [2.45, 2.75) is 18.3 Å². The normalized spacial score (nSPS) is 16.5. The molecule has 4 aliphatic rings. The third-order valence-electron chi connectivity index (χ3n) is 14.1. The molecule has 7 heteroatoms. The molecule has 1 unspecified atom stereocenters. The second-order valence-electron chi connectivity index (χ2n) is 18.0. The van der Waals surface area contributed by atoms with Crippen LogP contribution in [0.5, 0.6) is 0 Å². The predicted octanol–water partition coefficient (Wildman–Crippen LogP) is 14.6. The van der Waals surface area contributed by atoms with Crippen LogP contribution in [0.25, 0.3) is 95.3 Å². The molecule has 0 bridgehead atoms. The maximum Gasteiger partial charge on any atom is 0.164 e. The topological polar surface area (TPSA) is 90.5 Å². The van der Waals surface area contributed by atoms with Gasteiger partial charge in [-0.05, 0) is 63.9 Å². The molecule has 3 aromatic heterocycles. The summed E-state index contributed by atoms with van der Waals surface area (Å²) in [7, 11) is 0. The maximum absolute atomic E-state index is 6.92. The van der Waals surface area contributed by atoms with Gasteiger partial charge in [0.05, 0.1) is 5.41 Å². The first kappa shape index (κ1) is 39.9. The summed E-state index contributed by atoms with van der Waals surface area (Å²) in [5.41, 5.74) is 15.7. The molecule has 0 saturated heterocycles. The average molecular weight is 897 g/mol. The second kappa shape index (κ2) is 16.0. The monoisotopic (exact) mass is 896 g/mol. The van der Waals surface area contributed by atoms with Gasteiger partial charge in [-0.3, -0.25) is 0 Å². The SMILES string of the molecule is C1=CC=C(c2nc(-c3ccccc3)nc(-c3cccc4c3C3=CCC=C(c5nc(-c6ccccc6)nc(-c6ccccc6)n5)C=C3C43c4ccccc4-c4c3ccc3c4oc4ccccc43)n2)CC=C1. The van der Waals surface area contributed by atoms with Crippen LogP contribution in [0.1, 0.15) is 46.7 Å². The van der Waals surface area contributed by atoms with Crippen molar-refractivity contribution in [1.82, 2.24) is 29.9 Å². The molecule has 0 N–H and O–H groups in total. The molecule has 0 radical (unpaired) electrons. The van der Waals surface area contributed by atoms with Crippen LogP contribution in [-0.2, 0) is 5.41 Å². The zero-order chi connectivity index (χ0) is 46.2. The van der Waals surface area contributed by atoms with Crippen molar-refractivity contribution in [1.29, 1.82) is 0 Å². The number of nitrogens with zero attached hydrogens (tertiary/aromatic N) is 6. The van der Waals surface area contributed by atoms with Crippen LogP contribution in [-0.4, -0.2) is 29.9 Å². The van der Waals surface area contributed by atoms with Crippen LogP contribution < -0.4 is 0 Å². The van der Waals surface area contributed by atoms with Gasteiger partial charge >= 0.3 is 0 Å². The standard InChI is InChI=1S/C63H40N6O/c1-2-7-21-41(20-6-1)59-65-60(42-26-12-5-13-27-42)69-62(68-59)48-32-19-34-50-54(48)47-31-18-28-43(61-66-57(39-22-8-3-9-23-39)64-58(67-61)40-24-10-4-11-25-40)38-52(47)63(50)49-33-16-14-30-46(49)55-51(63)37-36-45-44-29-15-17-35-53(44)70-56(45)55/h1-17,19-20,22-38H,18,21H2. The molecule has 10 aromatic rings. The first-order chi connectivity index (χ1) is 34.7. The number of allylic oxidation sites excluding steroid dienone is 12. The molecule has 1 atom stereocenters. The summed E-state index contributed by atoms with van der Waals surface area (Å²) in [6.45, 7) is 0. The largest absolute Gasteiger partial charge is 0.455 e. The van der Waals surface area contributed by atoms with E-state index in [-0.39, 0.29) is 0 Å². The molecule has 3 heterocycles. The highest BCUT2D eigenvalue weighted by Crippen LogP contribution is 2.66. The highest BCUT2D eigenvalue weighted by atomic mass is 16.3. The first-order valence-electron chi connectivity index (χ1n) is 23.7. The fourth-order valence-electron chi connectivity index (χ4n) is 11.1. The van der Waals surface area contributed by atoms with Gasteiger partial charge in [-0.15, -0.1) is 0 Å². The highest BCUT2D eigenvalue weighted by Gasteiger charge is 2.55. The van der Waals surface area contributed by atoms with Gasteiger partial charge in [0.1, 0.15) is 11.2 Å². The van der Waals surface area contributed by atoms with Crippen LogP contribution in [0.15, 0.2) is 228 Å². The lowest BCUT2D eigenvalue weighted by molar-refractivity contribution is 0.669. The van der Waals surface area contributed by atoms with Crippen molar-refractivity contribution in [3.8, 4) is 56.7 Å². The summed E-state index contributed by atoms with van der Waals surface area (Å²) in [5.74, 6) is 3.74. The molecule has 4 aliphatic carbocycles. The Morgan fingerprint density at radius 3 is 1.79 bits per heavy atom. The highest BCUT2D eigenvalue weighted by molar-refractivity contribution is 6.14. The summed E-state index contributed by atoms with van der Waals surface area (Å²) in [5, 5.41) is 2.19. The van der Waals surface area contributed by atoms with Crippen LogP contribution in [0.2, 0.25) is 0 Å². The van der Waals surface area contributed by atoms with Gasteiger partial charge in [0.25, 0.3) is 0 Å². The fraction of sp³-hybridized carbons (Fsp3) is 0.0476. The van der Waals surface area contributed by atoms with Crippen LogP contribution in [0.4, 0.5) is 0 Å². The van der Waals surface area contributed by atoms with Gasteiger partial charge in [0.2, 0.25) is 0 Å². The Kier molecular flexibility index (Phi) is 9.10. The lowest BCUT2D eigenvalue weighted by Crippen LogP contribution is -2.26. The summed E-state index contributed by atoms with van der Waals surface area (Å²) in [4.78, 5) is 31.5. The van der Waals surface area contributed by atoms with E-state index < -0.39 is 5.41 Å². The minimum atomic E-state index is -0.783. The van der Waals surface area contributed by atoms with Crippen LogP contribution >= 0.6 is 0 Å². The molecule has 70 heavy (non-hydrogen) atoms. The van der Waals surface area contributed by atoms with E-state index in [9.17, 15) is 0 Å². The zero-order valence-corrected chi connectivity index (χ0v) is 37.8. The molecular weight excluding hydrogens is 857 g/mol. The molecule has 7 nitrogen and oxygen atoms in total. The van der Waals surface area contributed by atoms with Crippen LogP contribution in [0, 0.1) is 0 Å². The number of fused-ring (bicyclic) bond motifs is 14. The molecule has 0 saturated carbocycles. The quantitative estimate of drug-likeness (QED) is 0.164. The van der Waals surface area contributed by atoms with Crippen molar-refractivity contribution >= 4 is 38.7 Å². The van der Waals surface area contributed by atoms with Crippen molar-refractivity contribution < 1.29 is 4.42 Å². The van der Waals surface area contributed by atoms with E-state index in [0.717, 1.165) is 94.3 Å². The van der Waals surface area contributed by atoms with Gasteiger partial charge in [0.15, 0.2) is 34.9 Å². The lowest BCUT2D eigenvalue weighted by Gasteiger charge is -2.31. The van der Waals surface area contributed by atoms with Crippen molar-refractivity contribution in [2.24, 2.45) is 0 Å². The molecule has 0 aliphatic heterocycles. The summed E-state index contributed by atoms with van der Waals surface area (Å²) in [6.07, 6.45) is 18.7. The number of benzene rings is 7. The van der Waals surface area contributed by atoms with E-state index in [1.807, 2.05) is 66.7 Å². The van der Waals surface area contributed by atoms with Gasteiger partial charge in [-0.1, -0.05) is 206 Å². The second-order valence-corrected chi connectivity index (χ2v) is 18.0. The summed E-state index contributed by atoms with van der Waals surface area (Å²) in [6, 6.07) is 59.0. The molecule has 7 aromatic carbocycles. The molecule has 328 valence electrons. The van der Waals surface area contributed by atoms with E-state index in [4.69, 9.17) is 34.3 Å². The Balaban J connectivity index is 1.06. The minimum absolute atomic E-state index is 0.606. The fourth-order valence-corrected chi connectivity index (χ4v) is 11.1. The Hall–Kier alpha value is -9.20. The number of hydrogen-bond acceptors (Lipinski definition) is 7. The Morgan fingerprint density at radius 1 is 0.429 bits per heavy atom. The minimum Gasteiger partial charge on any atom is -0.455 e. The van der Waals surface area contributed by atoms with E-state index in [1.165, 1.54) is 5.56 Å². The Labute approximate surface area is 404 Å². The van der Waals surface area contributed by atoms with E-state index in [0.29, 0.717) is 47.8 Å². The number of furan rings is 1. The summed E-state index contributed by atoms with van der Waals surface area (Å²) < 4.78 is 6.92. The number of rotatable bonds is 6. The zero-order valence-electron chi connectivity index (χ0n) is 37.8. The van der Waals surface area contributed by atoms with Gasteiger partial charge in [-0.25, -0.2) is 29.9 Å². The van der Waals surface area contributed by atoms with Gasteiger partial charge in [0, 0.05) is 49.7 Å². The van der Waals surface area contributed by atoms with E-state index in [2.05, 4.69) is 152 Å². The molecule has 0 amide bonds. The van der Waals surface area contributed by atoms with Gasteiger partial charge < -0.3 is 4.42 Å². The van der Waals surface area contributed by atoms with E-state index in [1.54, 1.807) is 0 Å². The molecule has 0 fully saturated rings. The Bertz CT molecular complexity index is 3930. The predicted molar refractivity (Wildman–Crippen MR) is 280 cm³/mol. The smallest absolute Gasteiger partial charge is 0.164 e. The average Bonchev–Trinajstić information content (AvgIpc) is 3.83. The first-order valence-corrected chi connectivity index (χ1v) is 23.7. The maximum atomic E-state index is 6.92. The summed E-state index contributed by atoms with van der Waals surface area (Å²) >= 11 is 0. The van der Waals surface area contributed by atoms with Crippen molar-refractivity contribution in [2.75, 3.05) is 0 Å². The number of hydrogen-bond donors (Lipinski definition) is 0. The molecule has 1 spiro atoms. The third kappa shape index (κ3) is 6.14. The van der Waals surface area contributed by atoms with Gasteiger partial charge in [-0.2, -0.15) is 0 Å². The number of para-hydroxylation sites is 1. The van der Waals surface area contributed by atoms with E-state index >= 15 is 0 Å². The van der Waals surface area contributed by atoms with Crippen LogP contribution in [0.3, 0.4) is 0 Å². The molecular formula is C63H40N6O.